The van der Waals surface area contributed by atoms with Crippen LogP contribution in [0.25, 0.3) is 10.2 Å². The number of amides is 1. The highest BCUT2D eigenvalue weighted by molar-refractivity contribution is 7.18. The molecule has 5 heteroatoms. The van der Waals surface area contributed by atoms with Gasteiger partial charge in [0.15, 0.2) is 0 Å². The molecule has 1 heterocycles. The number of nitrogens with one attached hydrogen (secondary N) is 1. The largest absolute Gasteiger partial charge is 0.364 e. The quantitative estimate of drug-likeness (QED) is 0.884. The summed E-state index contributed by atoms with van der Waals surface area (Å²) in [6.45, 7) is 0.547. The van der Waals surface area contributed by atoms with Gasteiger partial charge in [0.1, 0.15) is 11.6 Å². The average Bonchev–Trinajstić information content (AvgIpc) is 2.95. The van der Waals surface area contributed by atoms with Gasteiger partial charge in [-0.1, -0.05) is 12.1 Å². The number of carbonyl (C=O) groups is 1. The molecule has 6 rings (SSSR count). The standard InChI is InChI=1S/C20H24N2O2S/c23-18(11-24-12-19-21-16-3-1-2-4-17(16)25-19)22-20-8-13-5-14(9-20)7-15(6-13)10-20/h1-4,13-15H,5-12H2,(H,22,23). The van der Waals surface area contributed by atoms with E-state index in [2.05, 4.69) is 16.4 Å². The van der Waals surface area contributed by atoms with E-state index in [9.17, 15) is 4.79 Å². The average molecular weight is 356 g/mol. The number of nitrogens with zero attached hydrogens (tertiary/aromatic N) is 1. The SMILES string of the molecule is O=C(COCc1nc2ccccc2s1)NC12CC3CC(CC(C3)C1)C2. The van der Waals surface area contributed by atoms with Gasteiger partial charge in [0, 0.05) is 5.54 Å². The third kappa shape index (κ3) is 3.08. The summed E-state index contributed by atoms with van der Waals surface area (Å²) >= 11 is 1.64. The maximum atomic E-state index is 12.4. The third-order valence-corrected chi connectivity index (χ3v) is 7.25. The number of rotatable bonds is 5. The molecule has 4 nitrogen and oxygen atoms in total. The highest BCUT2D eigenvalue weighted by Gasteiger charge is 2.51. The lowest BCUT2D eigenvalue weighted by molar-refractivity contribution is -0.131. The fourth-order valence-corrected chi connectivity index (χ4v) is 6.71. The molecule has 4 aliphatic carbocycles. The second kappa shape index (κ2) is 6.06. The van der Waals surface area contributed by atoms with Gasteiger partial charge in [-0.25, -0.2) is 4.98 Å². The van der Waals surface area contributed by atoms with Gasteiger partial charge in [-0.15, -0.1) is 11.3 Å². The summed E-state index contributed by atoms with van der Waals surface area (Å²) in [4.78, 5) is 17.0. The van der Waals surface area contributed by atoms with Crippen LogP contribution in [-0.4, -0.2) is 23.0 Å². The molecule has 4 fully saturated rings. The molecule has 1 aromatic carbocycles. The number of carbonyl (C=O) groups excluding carboxylic acids is 1. The maximum Gasteiger partial charge on any atom is 0.246 e. The van der Waals surface area contributed by atoms with Crippen LogP contribution in [0.2, 0.25) is 0 Å². The van der Waals surface area contributed by atoms with Crippen molar-refractivity contribution in [3.8, 4) is 0 Å². The predicted molar refractivity (Wildman–Crippen MR) is 98.3 cm³/mol. The van der Waals surface area contributed by atoms with Gasteiger partial charge < -0.3 is 10.1 Å². The Morgan fingerprint density at radius 1 is 1.16 bits per heavy atom. The van der Waals surface area contributed by atoms with E-state index < -0.39 is 0 Å². The van der Waals surface area contributed by atoms with Crippen molar-refractivity contribution in [2.75, 3.05) is 6.61 Å². The zero-order valence-corrected chi connectivity index (χ0v) is 15.2. The topological polar surface area (TPSA) is 51.2 Å². The van der Waals surface area contributed by atoms with Crippen LogP contribution in [0.15, 0.2) is 24.3 Å². The van der Waals surface area contributed by atoms with E-state index in [-0.39, 0.29) is 18.1 Å². The fraction of sp³-hybridized carbons (Fsp3) is 0.600. The van der Waals surface area contributed by atoms with E-state index in [4.69, 9.17) is 4.74 Å². The number of hydrogen-bond donors (Lipinski definition) is 1. The lowest BCUT2D eigenvalue weighted by Crippen LogP contribution is -2.60. The maximum absolute atomic E-state index is 12.4. The van der Waals surface area contributed by atoms with Crippen LogP contribution in [0.3, 0.4) is 0 Å². The molecule has 4 bridgehead atoms. The number of thiazole rings is 1. The first-order chi connectivity index (χ1) is 12.2. The monoisotopic (exact) mass is 356 g/mol. The molecule has 2 aromatic rings. The molecule has 0 atom stereocenters. The molecule has 0 spiro atoms. The van der Waals surface area contributed by atoms with Gasteiger partial charge in [0.25, 0.3) is 0 Å². The van der Waals surface area contributed by atoms with Crippen molar-refractivity contribution in [1.29, 1.82) is 0 Å². The molecule has 1 aromatic heterocycles. The Kier molecular flexibility index (Phi) is 3.82. The van der Waals surface area contributed by atoms with Crippen LogP contribution in [0.4, 0.5) is 0 Å². The first-order valence-corrected chi connectivity index (χ1v) is 10.2. The molecule has 4 saturated carbocycles. The molecule has 4 aliphatic rings. The van der Waals surface area contributed by atoms with Crippen LogP contribution < -0.4 is 5.32 Å². The number of hydrogen-bond acceptors (Lipinski definition) is 4. The van der Waals surface area contributed by atoms with E-state index in [0.29, 0.717) is 6.61 Å². The lowest BCUT2D eigenvalue weighted by Gasteiger charge is -2.56. The van der Waals surface area contributed by atoms with Crippen molar-refractivity contribution in [1.82, 2.24) is 10.3 Å². The van der Waals surface area contributed by atoms with Crippen LogP contribution in [0.1, 0.15) is 43.5 Å². The highest BCUT2D eigenvalue weighted by atomic mass is 32.1. The predicted octanol–water partition coefficient (Wildman–Crippen LogP) is 3.90. The highest BCUT2D eigenvalue weighted by Crippen LogP contribution is 2.55. The molecule has 1 N–H and O–H groups in total. The fourth-order valence-electron chi connectivity index (χ4n) is 5.81. The number of benzene rings is 1. The minimum atomic E-state index is 0.0445. The molecule has 25 heavy (non-hydrogen) atoms. The first-order valence-electron chi connectivity index (χ1n) is 9.41. The van der Waals surface area contributed by atoms with E-state index in [0.717, 1.165) is 28.3 Å². The summed E-state index contributed by atoms with van der Waals surface area (Å²) in [5, 5.41) is 4.29. The Balaban J connectivity index is 1.16. The van der Waals surface area contributed by atoms with E-state index in [1.807, 2.05) is 18.2 Å². The second-order valence-corrected chi connectivity index (χ2v) is 9.43. The summed E-state index contributed by atoms with van der Waals surface area (Å²) < 4.78 is 6.83. The normalized spacial score (nSPS) is 33.0. The molecule has 0 radical (unpaired) electrons. The molecular formula is C20H24N2O2S. The van der Waals surface area contributed by atoms with Crippen molar-refractivity contribution in [2.24, 2.45) is 17.8 Å². The summed E-state index contributed by atoms with van der Waals surface area (Å²) in [5.74, 6) is 2.57. The van der Waals surface area contributed by atoms with Gasteiger partial charge in [0.2, 0.25) is 5.91 Å². The smallest absolute Gasteiger partial charge is 0.246 e. The Hall–Kier alpha value is -1.46. The minimum Gasteiger partial charge on any atom is -0.364 e. The Labute approximate surface area is 152 Å². The van der Waals surface area contributed by atoms with Gasteiger partial charge in [-0.2, -0.15) is 0 Å². The van der Waals surface area contributed by atoms with Crippen LogP contribution in [0, 0.1) is 17.8 Å². The van der Waals surface area contributed by atoms with E-state index in [1.54, 1.807) is 11.3 Å². The van der Waals surface area contributed by atoms with Gasteiger partial charge in [-0.3, -0.25) is 4.79 Å². The summed E-state index contributed by atoms with van der Waals surface area (Å²) in [7, 11) is 0. The van der Waals surface area contributed by atoms with Gasteiger partial charge in [-0.05, 0) is 68.4 Å². The van der Waals surface area contributed by atoms with Crippen molar-refractivity contribution in [3.63, 3.8) is 0 Å². The number of aromatic nitrogens is 1. The van der Waals surface area contributed by atoms with Crippen LogP contribution in [0.5, 0.6) is 0 Å². The summed E-state index contributed by atoms with van der Waals surface area (Å²) in [6.07, 6.45) is 7.73. The summed E-state index contributed by atoms with van der Waals surface area (Å²) in [6, 6.07) is 8.08. The minimum absolute atomic E-state index is 0.0445. The zero-order chi connectivity index (χ0) is 16.9. The first kappa shape index (κ1) is 15.8. The molecule has 132 valence electrons. The Bertz CT molecular complexity index is 732. The lowest BCUT2D eigenvalue weighted by atomic mass is 9.53. The summed E-state index contributed by atoms with van der Waals surface area (Å²) in [5.41, 5.74) is 1.08. The van der Waals surface area contributed by atoms with E-state index >= 15 is 0 Å². The molecular weight excluding hydrogens is 332 g/mol. The number of para-hydroxylation sites is 1. The van der Waals surface area contributed by atoms with Crippen LogP contribution in [-0.2, 0) is 16.1 Å². The van der Waals surface area contributed by atoms with Crippen LogP contribution >= 0.6 is 11.3 Å². The molecule has 0 aliphatic heterocycles. The van der Waals surface area contributed by atoms with E-state index in [1.165, 1.54) is 43.2 Å². The van der Waals surface area contributed by atoms with Crippen molar-refractivity contribution in [2.45, 2.75) is 50.7 Å². The molecule has 1 amide bonds. The zero-order valence-electron chi connectivity index (χ0n) is 14.4. The van der Waals surface area contributed by atoms with Gasteiger partial charge in [0.05, 0.1) is 16.8 Å². The second-order valence-electron chi connectivity index (χ2n) is 8.31. The van der Waals surface area contributed by atoms with Gasteiger partial charge >= 0.3 is 0 Å². The molecule has 0 unspecified atom stereocenters. The Morgan fingerprint density at radius 2 is 1.84 bits per heavy atom. The van der Waals surface area contributed by atoms with Crippen molar-refractivity contribution in [3.05, 3.63) is 29.3 Å². The van der Waals surface area contributed by atoms with Crippen molar-refractivity contribution >= 4 is 27.5 Å². The number of ether oxygens (including phenoxy) is 1. The third-order valence-electron chi connectivity index (χ3n) is 6.24. The van der Waals surface area contributed by atoms with Crippen molar-refractivity contribution < 1.29 is 9.53 Å². The molecule has 0 saturated heterocycles. The number of fused-ring (bicyclic) bond motifs is 1. The Morgan fingerprint density at radius 3 is 2.52 bits per heavy atom.